The van der Waals surface area contributed by atoms with Gasteiger partial charge in [0.25, 0.3) is 0 Å². The van der Waals surface area contributed by atoms with Gasteiger partial charge >= 0.3 is 0 Å². The molecule has 0 atom stereocenters. The van der Waals surface area contributed by atoms with E-state index in [0.717, 1.165) is 17.1 Å². The summed E-state index contributed by atoms with van der Waals surface area (Å²) in [6.07, 6.45) is 0. The highest BCUT2D eigenvalue weighted by Gasteiger charge is 2.36. The first-order valence-corrected chi connectivity index (χ1v) is 20.6. The lowest BCUT2D eigenvalue weighted by atomic mass is 9.81. The van der Waals surface area contributed by atoms with Crippen molar-refractivity contribution in [2.75, 3.05) is 4.90 Å². The largest absolute Gasteiger partial charge is 0.310 e. The Kier molecular flexibility index (Phi) is 7.77. The Labute approximate surface area is 337 Å². The fourth-order valence-electron chi connectivity index (χ4n) is 9.12. The summed E-state index contributed by atoms with van der Waals surface area (Å²) in [6, 6.07) is 74.0. The Morgan fingerprint density at radius 1 is 0.368 bits per heavy atom. The number of hydrogen-bond acceptors (Lipinski definition) is 2. The molecular weight excluding hydrogens is 707 g/mol. The molecule has 10 aromatic rings. The van der Waals surface area contributed by atoms with Crippen molar-refractivity contribution >= 4 is 59.3 Å². The molecule has 270 valence electrons. The predicted molar refractivity (Wildman–Crippen MR) is 245 cm³/mol. The van der Waals surface area contributed by atoms with Gasteiger partial charge in [-0.25, -0.2) is 0 Å². The quantitative estimate of drug-likeness (QED) is 0.164. The van der Waals surface area contributed by atoms with Crippen LogP contribution in [0, 0.1) is 0 Å². The molecule has 1 aliphatic rings. The zero-order valence-electron chi connectivity index (χ0n) is 31.9. The molecule has 0 unspecified atom stereocenters. The molecule has 1 nitrogen and oxygen atoms in total. The van der Waals surface area contributed by atoms with E-state index in [1.807, 2.05) is 11.3 Å². The van der Waals surface area contributed by atoms with Crippen molar-refractivity contribution in [2.24, 2.45) is 0 Å². The van der Waals surface area contributed by atoms with Gasteiger partial charge in [-0.2, -0.15) is 0 Å². The predicted octanol–water partition coefficient (Wildman–Crippen LogP) is 16.0. The second-order valence-electron chi connectivity index (χ2n) is 15.8. The van der Waals surface area contributed by atoms with Gasteiger partial charge in [-0.05, 0) is 122 Å². The second-order valence-corrected chi connectivity index (χ2v) is 16.8. The summed E-state index contributed by atoms with van der Waals surface area (Å²) < 4.78 is 2.67. The number of rotatable bonds is 6. The van der Waals surface area contributed by atoms with Crippen LogP contribution in [0.15, 0.2) is 200 Å². The van der Waals surface area contributed by atoms with Crippen molar-refractivity contribution in [3.05, 3.63) is 211 Å². The van der Waals surface area contributed by atoms with E-state index in [2.05, 4.69) is 219 Å². The first-order valence-electron chi connectivity index (χ1n) is 19.7. The fourth-order valence-corrected chi connectivity index (χ4v) is 10.2. The molecule has 0 aliphatic heterocycles. The van der Waals surface area contributed by atoms with Crippen molar-refractivity contribution in [1.82, 2.24) is 0 Å². The summed E-state index contributed by atoms with van der Waals surface area (Å²) in [5.41, 5.74) is 15.9. The van der Waals surface area contributed by atoms with E-state index in [1.165, 1.54) is 86.6 Å². The Hall–Kier alpha value is -6.74. The van der Waals surface area contributed by atoms with E-state index in [-0.39, 0.29) is 5.41 Å². The Morgan fingerprint density at radius 3 is 1.70 bits per heavy atom. The summed E-state index contributed by atoms with van der Waals surface area (Å²) in [5, 5.41) is 5.11. The Morgan fingerprint density at radius 2 is 0.947 bits per heavy atom. The highest BCUT2D eigenvalue weighted by Crippen LogP contribution is 2.52. The molecule has 0 bridgehead atoms. The molecule has 11 rings (SSSR count). The van der Waals surface area contributed by atoms with Gasteiger partial charge in [-0.3, -0.25) is 0 Å². The average molecular weight is 746 g/mol. The van der Waals surface area contributed by atoms with Gasteiger partial charge in [0.2, 0.25) is 0 Å². The van der Waals surface area contributed by atoms with E-state index in [1.54, 1.807) is 0 Å². The monoisotopic (exact) mass is 745 g/mol. The first-order chi connectivity index (χ1) is 28.0. The maximum absolute atomic E-state index is 2.48. The van der Waals surface area contributed by atoms with Gasteiger partial charge in [-0.15, -0.1) is 11.3 Å². The molecule has 0 spiro atoms. The van der Waals surface area contributed by atoms with E-state index in [9.17, 15) is 0 Å². The fraction of sp³-hybridized carbons (Fsp3) is 0.0545. The Bertz CT molecular complexity index is 3090. The van der Waals surface area contributed by atoms with Crippen molar-refractivity contribution < 1.29 is 0 Å². The third-order valence-corrected chi connectivity index (χ3v) is 13.2. The van der Waals surface area contributed by atoms with Crippen LogP contribution in [0.3, 0.4) is 0 Å². The van der Waals surface area contributed by atoms with Crippen LogP contribution in [-0.4, -0.2) is 0 Å². The smallest absolute Gasteiger partial charge is 0.0540 e. The number of nitrogens with zero attached hydrogens (tertiary/aromatic N) is 1. The van der Waals surface area contributed by atoms with Crippen molar-refractivity contribution in [3.63, 3.8) is 0 Å². The zero-order valence-corrected chi connectivity index (χ0v) is 32.7. The van der Waals surface area contributed by atoms with Crippen molar-refractivity contribution in [1.29, 1.82) is 0 Å². The van der Waals surface area contributed by atoms with Gasteiger partial charge < -0.3 is 4.90 Å². The van der Waals surface area contributed by atoms with Crippen LogP contribution in [-0.2, 0) is 5.41 Å². The summed E-state index contributed by atoms with van der Waals surface area (Å²) in [5.74, 6) is 0. The van der Waals surface area contributed by atoms with Gasteiger partial charge in [0.05, 0.1) is 5.69 Å². The molecule has 0 fully saturated rings. The van der Waals surface area contributed by atoms with E-state index in [0.29, 0.717) is 0 Å². The second kappa shape index (κ2) is 13.2. The summed E-state index contributed by atoms with van der Waals surface area (Å²) in [7, 11) is 0. The summed E-state index contributed by atoms with van der Waals surface area (Å²) in [4.78, 5) is 2.48. The highest BCUT2D eigenvalue weighted by atomic mass is 32.1. The van der Waals surface area contributed by atoms with Crippen LogP contribution in [0.4, 0.5) is 17.1 Å². The van der Waals surface area contributed by atoms with Crippen LogP contribution >= 0.6 is 11.3 Å². The summed E-state index contributed by atoms with van der Waals surface area (Å²) in [6.45, 7) is 4.79. The zero-order chi connectivity index (χ0) is 38.1. The SMILES string of the molecule is CC1(C)c2cc(-c3ccc4sc5ccccc5c4c3)ccc2-c2ccc(N(c3cc(-c4ccccc4)cc(-c4ccccc4)c3)c3cccc4ccccc34)cc21. The Balaban J connectivity index is 1.08. The van der Waals surface area contributed by atoms with Crippen LogP contribution < -0.4 is 4.90 Å². The lowest BCUT2D eigenvalue weighted by Crippen LogP contribution is -2.17. The molecule has 1 heterocycles. The van der Waals surface area contributed by atoms with Crippen molar-refractivity contribution in [2.45, 2.75) is 19.3 Å². The highest BCUT2D eigenvalue weighted by molar-refractivity contribution is 7.25. The van der Waals surface area contributed by atoms with E-state index in [4.69, 9.17) is 0 Å². The normalized spacial score (nSPS) is 12.9. The minimum atomic E-state index is -0.207. The lowest BCUT2D eigenvalue weighted by molar-refractivity contribution is 0.660. The van der Waals surface area contributed by atoms with Gasteiger partial charge in [0, 0.05) is 42.3 Å². The molecule has 9 aromatic carbocycles. The van der Waals surface area contributed by atoms with E-state index < -0.39 is 0 Å². The average Bonchev–Trinajstić information content (AvgIpc) is 3.75. The maximum atomic E-state index is 2.48. The molecule has 1 aliphatic carbocycles. The summed E-state index contributed by atoms with van der Waals surface area (Å²) >= 11 is 1.87. The van der Waals surface area contributed by atoms with Crippen LogP contribution in [0.25, 0.3) is 75.5 Å². The third-order valence-electron chi connectivity index (χ3n) is 12.0. The number of fused-ring (bicyclic) bond motifs is 7. The maximum Gasteiger partial charge on any atom is 0.0540 e. The minimum absolute atomic E-state index is 0.207. The van der Waals surface area contributed by atoms with Gasteiger partial charge in [0.1, 0.15) is 0 Å². The molecule has 0 saturated carbocycles. The number of thiophene rings is 1. The topological polar surface area (TPSA) is 3.24 Å². The molecule has 1 aromatic heterocycles. The van der Waals surface area contributed by atoms with Crippen LogP contribution in [0.5, 0.6) is 0 Å². The first kappa shape index (κ1) is 33.6. The minimum Gasteiger partial charge on any atom is -0.310 e. The lowest BCUT2D eigenvalue weighted by Gasteiger charge is -2.30. The molecule has 2 heteroatoms. The van der Waals surface area contributed by atoms with Gasteiger partial charge in [0.15, 0.2) is 0 Å². The molecule has 0 amide bonds. The molecule has 0 N–H and O–H groups in total. The molecule has 57 heavy (non-hydrogen) atoms. The van der Waals surface area contributed by atoms with Crippen molar-refractivity contribution in [3.8, 4) is 44.5 Å². The van der Waals surface area contributed by atoms with Gasteiger partial charge in [-0.1, -0.05) is 153 Å². The van der Waals surface area contributed by atoms with Crippen LogP contribution in [0.2, 0.25) is 0 Å². The molecular formula is C55H39NS. The molecule has 0 radical (unpaired) electrons. The number of hydrogen-bond donors (Lipinski definition) is 0. The standard InChI is InChI=1S/C55H39NS/c1-55(2)50-34-40(39-25-29-54-49(33-39)48-21-11-12-23-53(48)57-54)24-27-46(50)47-28-26-43(35-51(47)55)56(52-22-13-19-38-18-9-10-20-45(38)52)44-31-41(36-14-5-3-6-15-36)30-42(32-44)37-16-7-4-8-17-37/h3-35H,1-2H3. The number of anilines is 3. The molecule has 0 saturated heterocycles. The third kappa shape index (κ3) is 5.59. The van der Waals surface area contributed by atoms with E-state index >= 15 is 0 Å². The number of benzene rings is 9. The van der Waals surface area contributed by atoms with Crippen LogP contribution in [0.1, 0.15) is 25.0 Å².